The summed E-state index contributed by atoms with van der Waals surface area (Å²) < 4.78 is 0. The minimum atomic E-state index is -0.481. The second kappa shape index (κ2) is 9.30. The van der Waals surface area contributed by atoms with Gasteiger partial charge in [-0.3, -0.25) is 9.59 Å². The Labute approximate surface area is 234 Å². The highest BCUT2D eigenvalue weighted by atomic mass is 35.5. The van der Waals surface area contributed by atoms with Crippen LogP contribution in [-0.4, -0.2) is 40.3 Å². The van der Waals surface area contributed by atoms with Gasteiger partial charge in [0.25, 0.3) is 5.91 Å². The summed E-state index contributed by atoms with van der Waals surface area (Å²) in [4.78, 5) is 40.8. The van der Waals surface area contributed by atoms with E-state index in [9.17, 15) is 9.59 Å². The number of allylic oxidation sites excluding steroid dienone is 1. The first kappa shape index (κ1) is 25.8. The van der Waals surface area contributed by atoms with Gasteiger partial charge in [-0.15, -0.1) is 0 Å². The Morgan fingerprint density at radius 1 is 1.05 bits per heavy atom. The first-order valence-electron chi connectivity index (χ1n) is 13.7. The van der Waals surface area contributed by atoms with Crippen LogP contribution < -0.4 is 9.80 Å². The van der Waals surface area contributed by atoms with Crippen LogP contribution in [0.5, 0.6) is 0 Å². The van der Waals surface area contributed by atoms with Crippen molar-refractivity contribution in [2.75, 3.05) is 22.9 Å². The Morgan fingerprint density at radius 2 is 1.77 bits per heavy atom. The Balaban J connectivity index is 1.44. The molecule has 1 fully saturated rings. The van der Waals surface area contributed by atoms with Crippen LogP contribution in [0.2, 0.25) is 5.02 Å². The molecule has 200 valence electrons. The zero-order valence-electron chi connectivity index (χ0n) is 22.9. The normalized spacial score (nSPS) is 22.8. The molecule has 4 heterocycles. The third-order valence-electron chi connectivity index (χ3n) is 8.57. The first-order chi connectivity index (χ1) is 18.6. The molecule has 1 aromatic heterocycles. The van der Waals surface area contributed by atoms with Crippen molar-refractivity contribution in [3.8, 4) is 0 Å². The summed E-state index contributed by atoms with van der Waals surface area (Å²) in [6.45, 7) is 10.1. The van der Waals surface area contributed by atoms with Crippen molar-refractivity contribution >= 4 is 40.5 Å². The Hall–Kier alpha value is -3.51. The molecule has 7 heteroatoms. The van der Waals surface area contributed by atoms with Gasteiger partial charge in [0.1, 0.15) is 0 Å². The molecule has 0 aliphatic carbocycles. The molecule has 2 aromatic carbocycles. The van der Waals surface area contributed by atoms with E-state index in [4.69, 9.17) is 11.6 Å². The molecule has 0 saturated carbocycles. The molecular weight excluding hydrogens is 508 g/mol. The number of nitrogens with zero attached hydrogens (tertiary/aromatic N) is 4. The summed E-state index contributed by atoms with van der Waals surface area (Å²) in [5, 5.41) is 0.545. The number of hydrogen-bond donors (Lipinski definition) is 0. The number of amides is 1. The zero-order valence-corrected chi connectivity index (χ0v) is 23.7. The number of carbonyl (C=O) groups is 2. The average Bonchev–Trinajstić information content (AvgIpc) is 3.19. The molecule has 1 atom stereocenters. The molecule has 1 amide bonds. The van der Waals surface area contributed by atoms with E-state index in [0.717, 1.165) is 37.2 Å². The summed E-state index contributed by atoms with van der Waals surface area (Å²) in [5.74, 6) is 0.206. The average molecular weight is 541 g/mol. The van der Waals surface area contributed by atoms with Crippen molar-refractivity contribution in [1.29, 1.82) is 0 Å². The smallest absolute Gasteiger partial charge is 0.259 e. The van der Waals surface area contributed by atoms with Gasteiger partial charge in [-0.05, 0) is 75.8 Å². The van der Waals surface area contributed by atoms with Crippen molar-refractivity contribution in [3.63, 3.8) is 0 Å². The van der Waals surface area contributed by atoms with Crippen LogP contribution in [0.3, 0.4) is 0 Å². The first-order valence-corrected chi connectivity index (χ1v) is 14.1. The molecule has 1 unspecified atom stereocenters. The highest BCUT2D eigenvalue weighted by Crippen LogP contribution is 2.56. The maximum absolute atomic E-state index is 14.0. The van der Waals surface area contributed by atoms with Crippen LogP contribution in [-0.2, 0) is 10.2 Å². The number of hydrogen-bond acceptors (Lipinski definition) is 5. The van der Waals surface area contributed by atoms with Crippen molar-refractivity contribution < 1.29 is 9.59 Å². The van der Waals surface area contributed by atoms with Crippen molar-refractivity contribution in [1.82, 2.24) is 9.97 Å². The fourth-order valence-electron chi connectivity index (χ4n) is 6.78. The number of carbonyl (C=O) groups excluding carboxylic acids is 2. The topological polar surface area (TPSA) is 66.4 Å². The van der Waals surface area contributed by atoms with Gasteiger partial charge >= 0.3 is 0 Å². The van der Waals surface area contributed by atoms with E-state index in [-0.39, 0.29) is 17.1 Å². The molecule has 3 aromatic rings. The maximum Gasteiger partial charge on any atom is 0.259 e. The van der Waals surface area contributed by atoms with Gasteiger partial charge in [0.15, 0.2) is 5.78 Å². The predicted octanol–water partition coefficient (Wildman–Crippen LogP) is 6.53. The third-order valence-corrected chi connectivity index (χ3v) is 8.78. The second-order valence-corrected chi connectivity index (χ2v) is 12.3. The Kier molecular flexibility index (Phi) is 6.14. The lowest BCUT2D eigenvalue weighted by molar-refractivity contribution is -0.114. The number of benzene rings is 2. The van der Waals surface area contributed by atoms with Crippen molar-refractivity contribution in [3.05, 3.63) is 87.7 Å². The zero-order chi connectivity index (χ0) is 27.5. The van der Waals surface area contributed by atoms with Gasteiger partial charge in [-0.2, -0.15) is 0 Å². The van der Waals surface area contributed by atoms with Crippen LogP contribution in [0.4, 0.5) is 11.6 Å². The van der Waals surface area contributed by atoms with Gasteiger partial charge in [0.2, 0.25) is 5.95 Å². The van der Waals surface area contributed by atoms with E-state index in [1.807, 2.05) is 42.2 Å². The summed E-state index contributed by atoms with van der Waals surface area (Å²) in [7, 11) is 0. The third kappa shape index (κ3) is 4.17. The highest BCUT2D eigenvalue weighted by Gasteiger charge is 2.52. The number of halogens is 1. The van der Waals surface area contributed by atoms with Crippen LogP contribution in [0, 0.1) is 6.92 Å². The lowest BCUT2D eigenvalue weighted by Gasteiger charge is -2.49. The van der Waals surface area contributed by atoms with Crippen LogP contribution in [0.1, 0.15) is 79.2 Å². The van der Waals surface area contributed by atoms with Gasteiger partial charge in [-0.25, -0.2) is 9.97 Å². The van der Waals surface area contributed by atoms with E-state index in [1.54, 1.807) is 6.20 Å². The molecule has 3 aliphatic rings. The minimum Gasteiger partial charge on any atom is -0.341 e. The molecular formula is C32H33ClN4O2. The number of piperidine rings is 1. The van der Waals surface area contributed by atoms with Gasteiger partial charge in [-0.1, -0.05) is 48.9 Å². The van der Waals surface area contributed by atoms with E-state index in [0.29, 0.717) is 39.8 Å². The molecule has 0 bridgehead atoms. The molecule has 3 aliphatic heterocycles. The van der Waals surface area contributed by atoms with Gasteiger partial charge in [0, 0.05) is 40.8 Å². The fourth-order valence-corrected chi connectivity index (χ4v) is 6.99. The molecule has 1 saturated heterocycles. The second-order valence-electron chi connectivity index (χ2n) is 11.8. The van der Waals surface area contributed by atoms with E-state index in [2.05, 4.69) is 47.8 Å². The molecule has 0 N–H and O–H groups in total. The summed E-state index contributed by atoms with van der Waals surface area (Å²) >= 11 is 6.68. The lowest BCUT2D eigenvalue weighted by atomic mass is 9.65. The monoisotopic (exact) mass is 540 g/mol. The SMILES string of the molecule is Cc1nc(N2CCCCC2)ncc1C(=O)/C=C1/C(=O)N2c3c1cc(Cl)cc3C(C)(c1ccccc1)CC2(C)C. The van der Waals surface area contributed by atoms with Crippen LogP contribution in [0.25, 0.3) is 5.57 Å². The van der Waals surface area contributed by atoms with E-state index >= 15 is 0 Å². The predicted molar refractivity (Wildman–Crippen MR) is 156 cm³/mol. The maximum atomic E-state index is 14.0. The van der Waals surface area contributed by atoms with Crippen molar-refractivity contribution in [2.45, 2.75) is 64.3 Å². The quantitative estimate of drug-likeness (QED) is 0.278. The number of aromatic nitrogens is 2. The fraction of sp³-hybridized carbons (Fsp3) is 0.375. The van der Waals surface area contributed by atoms with E-state index in [1.165, 1.54) is 18.1 Å². The van der Waals surface area contributed by atoms with Gasteiger partial charge < -0.3 is 9.80 Å². The molecule has 39 heavy (non-hydrogen) atoms. The summed E-state index contributed by atoms with van der Waals surface area (Å²) in [5.41, 5.74) is 4.27. The number of aryl methyl sites for hydroxylation is 1. The number of ketones is 1. The number of rotatable bonds is 4. The molecule has 6 rings (SSSR count). The minimum absolute atomic E-state index is 0.175. The van der Waals surface area contributed by atoms with Crippen molar-refractivity contribution in [2.24, 2.45) is 0 Å². The number of anilines is 2. The largest absolute Gasteiger partial charge is 0.341 e. The van der Waals surface area contributed by atoms with E-state index < -0.39 is 5.54 Å². The highest BCUT2D eigenvalue weighted by molar-refractivity contribution is 6.38. The summed E-state index contributed by atoms with van der Waals surface area (Å²) in [6.07, 6.45) is 7.24. The lowest BCUT2D eigenvalue weighted by Crippen LogP contribution is -2.54. The molecule has 0 spiro atoms. The van der Waals surface area contributed by atoms with Gasteiger partial charge in [0.05, 0.1) is 22.5 Å². The van der Waals surface area contributed by atoms with Crippen LogP contribution >= 0.6 is 11.6 Å². The molecule has 0 radical (unpaired) electrons. The Bertz CT molecular complexity index is 1520. The Morgan fingerprint density at radius 3 is 2.46 bits per heavy atom. The summed E-state index contributed by atoms with van der Waals surface area (Å²) in [6, 6.07) is 14.1. The molecule has 6 nitrogen and oxygen atoms in total. The standard InChI is InChI=1S/C32H33ClN4O2/c1-20-25(18-34-30(35-20)36-13-9-6-10-14-36)27(38)17-24-23-15-22(33)16-26-28(23)37(29(24)39)31(2,3)19-32(26,4)21-11-7-5-8-12-21/h5,7-8,11-12,15-18H,6,9-10,13-14,19H2,1-4H3/b24-17+. The van der Waals surface area contributed by atoms with Crippen LogP contribution in [0.15, 0.2) is 54.7 Å².